The molecule has 37 heavy (non-hydrogen) atoms. The Morgan fingerprint density at radius 1 is 1.22 bits per heavy atom. The highest BCUT2D eigenvalue weighted by molar-refractivity contribution is 5.88. The molecule has 0 aromatic carbocycles. The van der Waals surface area contributed by atoms with Crippen molar-refractivity contribution in [3.63, 3.8) is 0 Å². The summed E-state index contributed by atoms with van der Waals surface area (Å²) in [5, 5.41) is 3.57. The van der Waals surface area contributed by atoms with Crippen LogP contribution in [0.15, 0.2) is 72.4 Å². The molecule has 4 aliphatic rings. The van der Waals surface area contributed by atoms with E-state index in [0.29, 0.717) is 30.6 Å². The van der Waals surface area contributed by atoms with E-state index < -0.39 is 6.09 Å². The van der Waals surface area contributed by atoms with E-state index in [-0.39, 0.29) is 12.1 Å². The van der Waals surface area contributed by atoms with E-state index in [1.807, 2.05) is 36.5 Å². The molecule has 1 N–H and O–H groups in total. The van der Waals surface area contributed by atoms with Gasteiger partial charge in [0.2, 0.25) is 11.8 Å². The molecule has 10 heteroatoms. The first-order chi connectivity index (χ1) is 18.2. The third kappa shape index (κ3) is 4.84. The van der Waals surface area contributed by atoms with Crippen molar-refractivity contribution < 1.29 is 23.7 Å². The Balaban J connectivity index is 1.04. The number of anilines is 1. The van der Waals surface area contributed by atoms with Crippen molar-refractivity contribution in [3.05, 3.63) is 72.4 Å². The molecule has 2 aromatic rings. The normalized spacial score (nSPS) is 23.3. The van der Waals surface area contributed by atoms with Gasteiger partial charge in [-0.15, -0.1) is 0 Å². The molecule has 0 bridgehead atoms. The molecular formula is C27H29N5O5. The monoisotopic (exact) mass is 503 g/mol. The number of hydrogen-bond donors (Lipinski definition) is 1. The van der Waals surface area contributed by atoms with Crippen LogP contribution < -0.4 is 15.0 Å². The van der Waals surface area contributed by atoms with E-state index >= 15 is 0 Å². The number of amides is 1. The second-order valence-corrected chi connectivity index (χ2v) is 9.34. The smallest absolute Gasteiger partial charge is 0.417 e. The summed E-state index contributed by atoms with van der Waals surface area (Å²) >= 11 is 0. The molecule has 10 nitrogen and oxygen atoms in total. The number of fused-ring (bicyclic) bond motifs is 1. The number of cyclic esters (lactones) is 1. The summed E-state index contributed by atoms with van der Waals surface area (Å²) in [5.41, 5.74) is 3.75. The summed E-state index contributed by atoms with van der Waals surface area (Å²) < 4.78 is 22.4. The predicted octanol–water partition coefficient (Wildman–Crippen LogP) is 3.59. The lowest BCUT2D eigenvalue weighted by atomic mass is 10.0. The minimum absolute atomic E-state index is 0.260. The van der Waals surface area contributed by atoms with Crippen LogP contribution >= 0.6 is 0 Å². The van der Waals surface area contributed by atoms with Crippen molar-refractivity contribution in [2.45, 2.75) is 31.4 Å². The number of nitrogens with one attached hydrogen (secondary N) is 1. The Labute approximate surface area is 214 Å². The van der Waals surface area contributed by atoms with Gasteiger partial charge in [0.05, 0.1) is 24.9 Å². The lowest BCUT2D eigenvalue weighted by Crippen LogP contribution is -2.39. The molecule has 192 valence electrons. The van der Waals surface area contributed by atoms with E-state index in [1.54, 1.807) is 13.4 Å². The van der Waals surface area contributed by atoms with Gasteiger partial charge in [-0.05, 0) is 37.0 Å². The second-order valence-electron chi connectivity index (χ2n) is 9.34. The second kappa shape index (κ2) is 10.1. The lowest BCUT2D eigenvalue weighted by Gasteiger charge is -2.23. The lowest BCUT2D eigenvalue weighted by molar-refractivity contribution is 0.118. The van der Waals surface area contributed by atoms with Gasteiger partial charge < -0.3 is 29.2 Å². The van der Waals surface area contributed by atoms with Crippen molar-refractivity contribution >= 4 is 22.8 Å². The van der Waals surface area contributed by atoms with Gasteiger partial charge in [0, 0.05) is 37.9 Å². The molecule has 1 amide bonds. The van der Waals surface area contributed by atoms with E-state index in [2.05, 4.69) is 26.3 Å². The molecule has 1 aliphatic carbocycles. The van der Waals surface area contributed by atoms with Gasteiger partial charge in [0.25, 0.3) is 0 Å². The van der Waals surface area contributed by atoms with Crippen molar-refractivity contribution in [1.82, 2.24) is 20.2 Å². The maximum absolute atomic E-state index is 12.6. The number of ether oxygens (including phenoxy) is 4. The van der Waals surface area contributed by atoms with E-state index in [1.165, 1.54) is 11.2 Å². The quantitative estimate of drug-likeness (QED) is 0.608. The average molecular weight is 504 g/mol. The summed E-state index contributed by atoms with van der Waals surface area (Å²) in [7, 11) is 1.61. The Bertz CT molecular complexity index is 1320. The van der Waals surface area contributed by atoms with Gasteiger partial charge in [-0.3, -0.25) is 4.98 Å². The number of allylic oxidation sites excluding steroid dienone is 4. The van der Waals surface area contributed by atoms with Crippen LogP contribution in [0.2, 0.25) is 0 Å². The molecule has 2 saturated heterocycles. The molecule has 0 radical (unpaired) electrons. The number of rotatable bonds is 7. The molecule has 2 fully saturated rings. The SMILES string of the molecule is COc1ccc2nccc(N3CC[C@H](NC[C@@H]4CN(C5=COC=C(C6=CC=CCC6)O5)C(=O)O4)C3)c2n1. The molecule has 6 rings (SSSR count). The van der Waals surface area contributed by atoms with Gasteiger partial charge in [-0.1, -0.05) is 18.2 Å². The van der Waals surface area contributed by atoms with Crippen molar-refractivity contribution in [1.29, 1.82) is 0 Å². The highest BCUT2D eigenvalue weighted by Gasteiger charge is 2.37. The fraction of sp³-hybridized carbons (Fsp3) is 0.370. The molecule has 0 unspecified atom stereocenters. The van der Waals surface area contributed by atoms with Crippen LogP contribution in [-0.2, 0) is 14.2 Å². The summed E-state index contributed by atoms with van der Waals surface area (Å²) in [6.07, 6.45) is 13.0. The zero-order chi connectivity index (χ0) is 25.2. The topological polar surface area (TPSA) is 98.3 Å². The van der Waals surface area contributed by atoms with Gasteiger partial charge in [-0.25, -0.2) is 14.7 Å². The first-order valence-corrected chi connectivity index (χ1v) is 12.5. The summed E-state index contributed by atoms with van der Waals surface area (Å²) in [6.45, 7) is 2.66. The van der Waals surface area contributed by atoms with Crippen molar-refractivity contribution in [2.24, 2.45) is 0 Å². The van der Waals surface area contributed by atoms with Crippen LogP contribution in [0.1, 0.15) is 19.3 Å². The zero-order valence-corrected chi connectivity index (χ0v) is 20.6. The van der Waals surface area contributed by atoms with Gasteiger partial charge in [-0.2, -0.15) is 0 Å². The minimum Gasteiger partial charge on any atom is -0.481 e. The molecule has 2 aromatic heterocycles. The third-order valence-electron chi connectivity index (χ3n) is 6.94. The molecule has 2 atom stereocenters. The number of pyridine rings is 2. The molecule has 3 aliphatic heterocycles. The maximum atomic E-state index is 12.6. The maximum Gasteiger partial charge on any atom is 0.417 e. The number of nitrogens with zero attached hydrogens (tertiary/aromatic N) is 4. The zero-order valence-electron chi connectivity index (χ0n) is 20.6. The number of carbonyl (C=O) groups excluding carboxylic acids is 1. The van der Waals surface area contributed by atoms with E-state index in [4.69, 9.17) is 18.9 Å². The highest BCUT2D eigenvalue weighted by Crippen LogP contribution is 2.30. The number of aromatic nitrogens is 2. The van der Waals surface area contributed by atoms with Crippen LogP contribution in [0.3, 0.4) is 0 Å². The standard InChI is InChI=1S/C27H29N5O5/c1-34-24-8-7-21-26(30-24)22(9-11-28-21)31-12-10-19(14-31)29-13-20-15-32(27(33)36-20)25-17-35-16-23(37-25)18-5-3-2-4-6-18/h2-3,5,7-9,11,16-17,19-20,29H,4,6,10,12-15H2,1H3/t19-,20+/m0/s1. The van der Waals surface area contributed by atoms with E-state index in [0.717, 1.165) is 54.6 Å². The third-order valence-corrected chi connectivity index (χ3v) is 6.94. The fourth-order valence-corrected chi connectivity index (χ4v) is 5.00. The first kappa shape index (κ1) is 23.4. The molecule has 0 spiro atoms. The molecule has 5 heterocycles. The first-order valence-electron chi connectivity index (χ1n) is 12.5. The fourth-order valence-electron chi connectivity index (χ4n) is 5.00. The van der Waals surface area contributed by atoms with Crippen LogP contribution in [0, 0.1) is 0 Å². The number of carbonyl (C=O) groups is 1. The molecular weight excluding hydrogens is 474 g/mol. The van der Waals surface area contributed by atoms with Crippen LogP contribution in [-0.4, -0.2) is 66.4 Å². The summed E-state index contributed by atoms with van der Waals surface area (Å²) in [4.78, 5) is 25.4. The number of hydrogen-bond acceptors (Lipinski definition) is 9. The number of methoxy groups -OCH3 is 1. The average Bonchev–Trinajstić information content (AvgIpc) is 3.58. The minimum atomic E-state index is -0.434. The largest absolute Gasteiger partial charge is 0.481 e. The Morgan fingerprint density at radius 2 is 2.16 bits per heavy atom. The Morgan fingerprint density at radius 3 is 3.03 bits per heavy atom. The Hall–Kier alpha value is -4.05. The Kier molecular flexibility index (Phi) is 6.40. The summed E-state index contributed by atoms with van der Waals surface area (Å²) in [6, 6.07) is 6.00. The predicted molar refractivity (Wildman–Crippen MR) is 136 cm³/mol. The van der Waals surface area contributed by atoms with Crippen molar-refractivity contribution in [2.75, 3.05) is 38.2 Å². The van der Waals surface area contributed by atoms with Gasteiger partial charge >= 0.3 is 6.09 Å². The van der Waals surface area contributed by atoms with Crippen molar-refractivity contribution in [3.8, 4) is 5.88 Å². The molecule has 0 saturated carbocycles. The van der Waals surface area contributed by atoms with Gasteiger partial charge in [0.1, 0.15) is 17.9 Å². The summed E-state index contributed by atoms with van der Waals surface area (Å²) in [5.74, 6) is 1.54. The van der Waals surface area contributed by atoms with Crippen LogP contribution in [0.5, 0.6) is 5.88 Å². The highest BCUT2D eigenvalue weighted by atomic mass is 16.6. The van der Waals surface area contributed by atoms with E-state index in [9.17, 15) is 4.79 Å². The van der Waals surface area contributed by atoms with Crippen LogP contribution in [0.4, 0.5) is 10.5 Å². The van der Waals surface area contributed by atoms with Gasteiger partial charge in [0.15, 0.2) is 12.0 Å². The van der Waals surface area contributed by atoms with Crippen LogP contribution in [0.25, 0.3) is 11.0 Å².